The number of carbonyl (C=O) groups excluding carboxylic acids is 2. The van der Waals surface area contributed by atoms with Gasteiger partial charge in [0.1, 0.15) is 12.2 Å². The Bertz CT molecular complexity index is 367. The molecule has 2 aliphatic rings. The highest BCUT2D eigenvalue weighted by molar-refractivity contribution is 8.76. The Morgan fingerprint density at radius 1 is 0.654 bits per heavy atom. The fourth-order valence-electron chi connectivity index (χ4n) is 3.52. The van der Waals surface area contributed by atoms with Crippen LogP contribution in [0.2, 0.25) is 0 Å². The monoisotopic (exact) mass is 402 g/mol. The van der Waals surface area contributed by atoms with Crippen molar-refractivity contribution in [3.63, 3.8) is 0 Å². The zero-order valence-corrected chi connectivity index (χ0v) is 17.6. The lowest BCUT2D eigenvalue weighted by molar-refractivity contribution is -0.151. The van der Waals surface area contributed by atoms with E-state index >= 15 is 0 Å². The van der Waals surface area contributed by atoms with Gasteiger partial charge in [-0.2, -0.15) is 0 Å². The summed E-state index contributed by atoms with van der Waals surface area (Å²) in [7, 11) is 3.57. The number of hydrogen-bond acceptors (Lipinski definition) is 6. The maximum Gasteiger partial charge on any atom is 0.306 e. The van der Waals surface area contributed by atoms with Crippen molar-refractivity contribution in [2.24, 2.45) is 0 Å². The highest BCUT2D eigenvalue weighted by Crippen LogP contribution is 2.25. The van der Waals surface area contributed by atoms with Crippen LogP contribution in [-0.2, 0) is 19.1 Å². The van der Waals surface area contributed by atoms with E-state index in [4.69, 9.17) is 9.47 Å². The Balaban J connectivity index is 1.36. The number of hydrogen-bond donors (Lipinski definition) is 0. The molecular formula is C20H34O4S2. The summed E-state index contributed by atoms with van der Waals surface area (Å²) >= 11 is 0. The molecule has 2 saturated carbocycles. The summed E-state index contributed by atoms with van der Waals surface area (Å²) in [6, 6.07) is 0. The molecule has 2 fully saturated rings. The number of carbonyl (C=O) groups is 2. The van der Waals surface area contributed by atoms with Gasteiger partial charge in [0.2, 0.25) is 0 Å². The SMILES string of the molecule is O=C(CCCSSCCCC(=O)OC1CCCCC1)OC1CCCCC1. The van der Waals surface area contributed by atoms with Crippen LogP contribution < -0.4 is 0 Å². The molecule has 0 saturated heterocycles. The molecule has 0 aromatic heterocycles. The average molecular weight is 403 g/mol. The normalized spacial score (nSPS) is 19.2. The van der Waals surface area contributed by atoms with Crippen LogP contribution in [0.25, 0.3) is 0 Å². The predicted octanol–water partition coefficient (Wildman–Crippen LogP) is 5.68. The molecule has 0 N–H and O–H groups in total. The Kier molecular flexibility index (Phi) is 11.6. The van der Waals surface area contributed by atoms with Gasteiger partial charge in [-0.3, -0.25) is 9.59 Å². The highest BCUT2D eigenvalue weighted by atomic mass is 33.1. The second-order valence-electron chi connectivity index (χ2n) is 7.35. The van der Waals surface area contributed by atoms with E-state index in [1.165, 1.54) is 38.5 Å². The van der Waals surface area contributed by atoms with E-state index in [2.05, 4.69) is 0 Å². The van der Waals surface area contributed by atoms with Crippen LogP contribution in [0.4, 0.5) is 0 Å². The summed E-state index contributed by atoms with van der Waals surface area (Å²) in [6.07, 6.45) is 14.6. The van der Waals surface area contributed by atoms with E-state index in [0.717, 1.165) is 50.0 Å². The molecule has 0 aromatic rings. The van der Waals surface area contributed by atoms with Crippen LogP contribution in [0.3, 0.4) is 0 Å². The molecule has 0 radical (unpaired) electrons. The van der Waals surface area contributed by atoms with Crippen LogP contribution in [0.5, 0.6) is 0 Å². The zero-order chi connectivity index (χ0) is 18.5. The Morgan fingerprint density at radius 2 is 1.04 bits per heavy atom. The third-order valence-electron chi connectivity index (χ3n) is 5.00. The molecule has 0 unspecified atom stereocenters. The summed E-state index contributed by atoms with van der Waals surface area (Å²) in [5.41, 5.74) is 0. The van der Waals surface area contributed by atoms with Crippen molar-refractivity contribution in [1.29, 1.82) is 0 Å². The van der Waals surface area contributed by atoms with Gasteiger partial charge in [-0.25, -0.2) is 0 Å². The largest absolute Gasteiger partial charge is 0.462 e. The van der Waals surface area contributed by atoms with Crippen molar-refractivity contribution < 1.29 is 19.1 Å². The van der Waals surface area contributed by atoms with E-state index in [1.54, 1.807) is 21.6 Å². The first-order valence-electron chi connectivity index (χ1n) is 10.4. The van der Waals surface area contributed by atoms with Gasteiger partial charge >= 0.3 is 11.9 Å². The van der Waals surface area contributed by atoms with Crippen LogP contribution in [0, 0.1) is 0 Å². The summed E-state index contributed by atoms with van der Waals surface area (Å²) in [5, 5.41) is 0. The van der Waals surface area contributed by atoms with Gasteiger partial charge in [0.15, 0.2) is 0 Å². The molecule has 0 atom stereocenters. The molecule has 150 valence electrons. The van der Waals surface area contributed by atoms with Gasteiger partial charge in [0.25, 0.3) is 0 Å². The van der Waals surface area contributed by atoms with Crippen LogP contribution in [-0.4, -0.2) is 35.7 Å². The summed E-state index contributed by atoms with van der Waals surface area (Å²) in [4.78, 5) is 23.6. The molecule has 2 aliphatic carbocycles. The van der Waals surface area contributed by atoms with E-state index < -0.39 is 0 Å². The first kappa shape index (κ1) is 21.9. The van der Waals surface area contributed by atoms with Crippen molar-refractivity contribution in [1.82, 2.24) is 0 Å². The fourth-order valence-corrected chi connectivity index (χ4v) is 5.70. The first-order chi connectivity index (χ1) is 12.7. The van der Waals surface area contributed by atoms with Gasteiger partial charge in [0.05, 0.1) is 0 Å². The van der Waals surface area contributed by atoms with Gasteiger partial charge in [-0.05, 0) is 64.2 Å². The standard InChI is InChI=1S/C20H34O4S2/c21-19(23-17-9-3-1-4-10-17)13-7-15-25-26-16-8-14-20(22)24-18-11-5-2-6-12-18/h17-18H,1-16H2. The summed E-state index contributed by atoms with van der Waals surface area (Å²) < 4.78 is 11.0. The summed E-state index contributed by atoms with van der Waals surface area (Å²) in [6.45, 7) is 0. The molecule has 0 spiro atoms. The maximum atomic E-state index is 11.8. The van der Waals surface area contributed by atoms with E-state index in [-0.39, 0.29) is 24.1 Å². The molecule has 0 aromatic carbocycles. The first-order valence-corrected chi connectivity index (χ1v) is 12.9. The minimum absolute atomic E-state index is 0.0343. The van der Waals surface area contributed by atoms with Crippen molar-refractivity contribution in [2.45, 2.75) is 102 Å². The Hall–Kier alpha value is -0.360. The minimum Gasteiger partial charge on any atom is -0.462 e. The smallest absolute Gasteiger partial charge is 0.306 e. The van der Waals surface area contributed by atoms with Crippen molar-refractivity contribution in [2.75, 3.05) is 11.5 Å². The fraction of sp³-hybridized carbons (Fsp3) is 0.900. The molecule has 4 nitrogen and oxygen atoms in total. The summed E-state index contributed by atoms with van der Waals surface area (Å²) in [5.74, 6) is 1.84. The van der Waals surface area contributed by atoms with E-state index in [1.807, 2.05) is 0 Å². The molecule has 0 amide bonds. The molecule has 6 heteroatoms. The third-order valence-corrected chi connectivity index (χ3v) is 7.58. The third kappa shape index (κ3) is 10.1. The van der Waals surface area contributed by atoms with Crippen LogP contribution in [0.15, 0.2) is 0 Å². The molecule has 26 heavy (non-hydrogen) atoms. The highest BCUT2D eigenvalue weighted by Gasteiger charge is 2.18. The molecular weight excluding hydrogens is 368 g/mol. The zero-order valence-electron chi connectivity index (χ0n) is 15.9. The van der Waals surface area contributed by atoms with Crippen LogP contribution in [0.1, 0.15) is 89.9 Å². The lowest BCUT2D eigenvalue weighted by atomic mass is 9.98. The molecule has 2 rings (SSSR count). The minimum atomic E-state index is -0.0343. The number of esters is 2. The van der Waals surface area contributed by atoms with Crippen molar-refractivity contribution in [3.8, 4) is 0 Å². The topological polar surface area (TPSA) is 52.6 Å². The lowest BCUT2D eigenvalue weighted by Crippen LogP contribution is -2.20. The van der Waals surface area contributed by atoms with Gasteiger partial charge in [-0.15, -0.1) is 0 Å². The molecule has 0 bridgehead atoms. The van der Waals surface area contributed by atoms with Gasteiger partial charge < -0.3 is 9.47 Å². The van der Waals surface area contributed by atoms with Crippen molar-refractivity contribution in [3.05, 3.63) is 0 Å². The quantitative estimate of drug-likeness (QED) is 0.252. The second-order valence-corrected chi connectivity index (χ2v) is 10.1. The van der Waals surface area contributed by atoms with E-state index in [0.29, 0.717) is 12.8 Å². The van der Waals surface area contributed by atoms with E-state index in [9.17, 15) is 9.59 Å². The van der Waals surface area contributed by atoms with Crippen LogP contribution >= 0.6 is 21.6 Å². The van der Waals surface area contributed by atoms with Crippen molar-refractivity contribution >= 4 is 33.5 Å². The number of rotatable bonds is 11. The second kappa shape index (κ2) is 13.8. The molecule has 0 aliphatic heterocycles. The maximum absolute atomic E-state index is 11.8. The number of ether oxygens (including phenoxy) is 2. The Morgan fingerprint density at radius 3 is 1.42 bits per heavy atom. The average Bonchev–Trinajstić information content (AvgIpc) is 2.65. The van der Waals surface area contributed by atoms with Gasteiger partial charge in [-0.1, -0.05) is 34.4 Å². The Labute approximate surface area is 166 Å². The van der Waals surface area contributed by atoms with Gasteiger partial charge in [0, 0.05) is 24.3 Å². The molecule has 0 heterocycles. The predicted molar refractivity (Wildman–Crippen MR) is 109 cm³/mol. The lowest BCUT2D eigenvalue weighted by Gasteiger charge is -2.21.